The van der Waals surface area contributed by atoms with Crippen LogP contribution < -0.4 is 4.72 Å². The average Bonchev–Trinajstić information content (AvgIpc) is 2.79. The van der Waals surface area contributed by atoms with E-state index in [2.05, 4.69) is 70.9 Å². The van der Waals surface area contributed by atoms with Gasteiger partial charge in [-0.15, -0.1) is 0 Å². The minimum Gasteiger partial charge on any atom is -0.274 e. The number of aliphatic imine (C=N–C) groups is 1. The fourth-order valence-corrected chi connectivity index (χ4v) is 4.80. The van der Waals surface area contributed by atoms with E-state index in [0.29, 0.717) is 0 Å². The molecule has 3 nitrogen and oxygen atoms in total. The third-order valence-corrected chi connectivity index (χ3v) is 7.56. The van der Waals surface area contributed by atoms with Gasteiger partial charge in [0.1, 0.15) is 0 Å². The Morgan fingerprint density at radius 1 is 0.848 bits per heavy atom. The molecule has 1 N–H and O–H groups in total. The van der Waals surface area contributed by atoms with Gasteiger partial charge in [-0.1, -0.05) is 103 Å². The molecule has 174 valence electrons. The van der Waals surface area contributed by atoms with Crippen LogP contribution in [0.5, 0.6) is 0 Å². The molecule has 0 saturated heterocycles. The number of hydrogen-bond acceptors (Lipinski definition) is 2. The first-order valence-corrected chi connectivity index (χ1v) is 13.2. The first kappa shape index (κ1) is 25.5. The summed E-state index contributed by atoms with van der Waals surface area (Å²) in [4.78, 5) is 5.38. The van der Waals surface area contributed by atoms with E-state index in [9.17, 15) is 4.21 Å². The van der Waals surface area contributed by atoms with Gasteiger partial charge in [-0.2, -0.15) is 0 Å². The summed E-state index contributed by atoms with van der Waals surface area (Å²) in [5.41, 5.74) is 4.13. The SMILES string of the molecule is CC(C)[C@@H](NS(=O)C(C)(C)C)[C@@H](N=C(c1ccccc1)c1ccccc1)c1ccc(Br)cc1. The zero-order valence-electron chi connectivity index (χ0n) is 20.0. The fourth-order valence-electron chi connectivity index (χ4n) is 3.53. The van der Waals surface area contributed by atoms with Crippen molar-refractivity contribution in [3.8, 4) is 0 Å². The van der Waals surface area contributed by atoms with Crippen molar-refractivity contribution in [1.29, 1.82) is 0 Å². The summed E-state index contributed by atoms with van der Waals surface area (Å²) in [6.07, 6.45) is 0. The van der Waals surface area contributed by atoms with Crippen molar-refractivity contribution in [3.05, 3.63) is 106 Å². The van der Waals surface area contributed by atoms with Crippen LogP contribution in [0.1, 0.15) is 57.4 Å². The van der Waals surface area contributed by atoms with E-state index in [1.807, 2.05) is 69.3 Å². The predicted octanol–water partition coefficient (Wildman–Crippen LogP) is 7.10. The molecule has 0 aliphatic heterocycles. The molecule has 5 heteroatoms. The van der Waals surface area contributed by atoms with Crippen molar-refractivity contribution in [3.63, 3.8) is 0 Å². The van der Waals surface area contributed by atoms with Gasteiger partial charge < -0.3 is 0 Å². The van der Waals surface area contributed by atoms with Gasteiger partial charge in [-0.25, -0.2) is 8.93 Å². The van der Waals surface area contributed by atoms with E-state index in [4.69, 9.17) is 4.99 Å². The van der Waals surface area contributed by atoms with E-state index in [-0.39, 0.29) is 22.7 Å². The van der Waals surface area contributed by atoms with E-state index in [1.54, 1.807) is 0 Å². The highest BCUT2D eigenvalue weighted by Gasteiger charge is 2.31. The second-order valence-electron chi connectivity index (χ2n) is 9.47. The third-order valence-electron chi connectivity index (χ3n) is 5.43. The molecule has 0 spiro atoms. The van der Waals surface area contributed by atoms with Crippen LogP contribution >= 0.6 is 15.9 Å². The Hall–Kier alpha value is -2.08. The molecule has 0 aliphatic rings. The maximum atomic E-state index is 13.1. The lowest BCUT2D eigenvalue weighted by Gasteiger charge is -2.32. The molecule has 33 heavy (non-hydrogen) atoms. The monoisotopic (exact) mass is 524 g/mol. The Balaban J connectivity index is 2.19. The zero-order valence-corrected chi connectivity index (χ0v) is 22.4. The van der Waals surface area contributed by atoms with Crippen molar-refractivity contribution in [2.75, 3.05) is 0 Å². The maximum absolute atomic E-state index is 13.1. The molecule has 0 aromatic heterocycles. The first-order chi connectivity index (χ1) is 15.7. The van der Waals surface area contributed by atoms with E-state index in [1.165, 1.54) is 0 Å². The molecule has 0 saturated carbocycles. The van der Waals surface area contributed by atoms with Crippen molar-refractivity contribution in [2.45, 2.75) is 51.4 Å². The summed E-state index contributed by atoms with van der Waals surface area (Å²) in [5.74, 6) is 0.210. The number of nitrogens with zero attached hydrogens (tertiary/aromatic N) is 1. The molecule has 3 aromatic carbocycles. The largest absolute Gasteiger partial charge is 0.274 e. The van der Waals surface area contributed by atoms with Crippen LogP contribution in [0.15, 0.2) is 94.4 Å². The number of hydrogen-bond donors (Lipinski definition) is 1. The molecule has 1 unspecified atom stereocenters. The summed E-state index contributed by atoms with van der Waals surface area (Å²) >= 11 is 3.55. The standard InChI is InChI=1S/C28H33BrN2OS/c1-20(2)25(31-33(32)28(3,4)5)27(23-16-18-24(29)19-17-23)30-26(21-12-8-6-9-13-21)22-14-10-7-11-15-22/h6-20,25,27,31H,1-5H3/t25-,27+,33?/m1/s1. The predicted molar refractivity (Wildman–Crippen MR) is 145 cm³/mol. The minimum absolute atomic E-state index is 0.117. The van der Waals surface area contributed by atoms with E-state index >= 15 is 0 Å². The second-order valence-corrected chi connectivity index (χ2v) is 12.4. The molecule has 3 aromatic rings. The Labute approximate surface area is 209 Å². The summed E-state index contributed by atoms with van der Waals surface area (Å²) in [6, 6.07) is 28.5. The van der Waals surface area contributed by atoms with Gasteiger partial charge in [0.15, 0.2) is 0 Å². The van der Waals surface area contributed by atoms with Crippen LogP contribution in [0.2, 0.25) is 0 Å². The topological polar surface area (TPSA) is 41.5 Å². The molecule has 0 aliphatic carbocycles. The molecule has 0 heterocycles. The van der Waals surface area contributed by atoms with Crippen LogP contribution in [0.4, 0.5) is 0 Å². The summed E-state index contributed by atoms with van der Waals surface area (Å²) < 4.78 is 17.2. The lowest BCUT2D eigenvalue weighted by Crippen LogP contribution is -2.45. The maximum Gasteiger partial charge on any atom is 0.0973 e. The highest BCUT2D eigenvalue weighted by atomic mass is 79.9. The quantitative estimate of drug-likeness (QED) is 0.313. The van der Waals surface area contributed by atoms with Crippen LogP contribution in [-0.2, 0) is 11.0 Å². The smallest absolute Gasteiger partial charge is 0.0973 e. The van der Waals surface area contributed by atoms with Crippen LogP contribution in [-0.4, -0.2) is 20.7 Å². The van der Waals surface area contributed by atoms with Gasteiger partial charge in [-0.3, -0.25) is 4.99 Å². The minimum atomic E-state index is -1.22. The van der Waals surface area contributed by atoms with Crippen LogP contribution in [0.25, 0.3) is 0 Å². The van der Waals surface area contributed by atoms with Crippen molar-refractivity contribution >= 4 is 32.6 Å². The Morgan fingerprint density at radius 2 is 1.33 bits per heavy atom. The lowest BCUT2D eigenvalue weighted by atomic mass is 9.91. The Kier molecular flexibility index (Phi) is 8.80. The van der Waals surface area contributed by atoms with Gasteiger partial charge in [0.25, 0.3) is 0 Å². The first-order valence-electron chi connectivity index (χ1n) is 11.3. The van der Waals surface area contributed by atoms with Gasteiger partial charge in [-0.05, 0) is 44.4 Å². The van der Waals surface area contributed by atoms with Crippen LogP contribution in [0, 0.1) is 5.92 Å². The number of nitrogens with one attached hydrogen (secondary N) is 1. The second kappa shape index (κ2) is 11.4. The lowest BCUT2D eigenvalue weighted by molar-refractivity contribution is 0.395. The highest BCUT2D eigenvalue weighted by molar-refractivity contribution is 9.10. The molecule has 3 atom stereocenters. The Bertz CT molecular complexity index is 1030. The van der Waals surface area contributed by atoms with Gasteiger partial charge in [0, 0.05) is 21.6 Å². The summed E-state index contributed by atoms with van der Waals surface area (Å²) in [5, 5.41) is 0. The summed E-state index contributed by atoms with van der Waals surface area (Å²) in [7, 11) is -1.22. The number of halogens is 1. The van der Waals surface area contributed by atoms with Crippen molar-refractivity contribution in [1.82, 2.24) is 4.72 Å². The van der Waals surface area contributed by atoms with Crippen LogP contribution in [0.3, 0.4) is 0 Å². The molecule has 3 rings (SSSR count). The van der Waals surface area contributed by atoms with Gasteiger partial charge >= 0.3 is 0 Å². The van der Waals surface area contributed by atoms with Crippen molar-refractivity contribution in [2.24, 2.45) is 10.9 Å². The zero-order chi connectivity index (χ0) is 24.0. The van der Waals surface area contributed by atoms with Gasteiger partial charge in [0.05, 0.1) is 27.5 Å². The third kappa shape index (κ3) is 6.95. The number of benzene rings is 3. The molecular formula is C28H33BrN2OS. The molecule has 0 amide bonds. The highest BCUT2D eigenvalue weighted by Crippen LogP contribution is 2.30. The van der Waals surface area contributed by atoms with E-state index in [0.717, 1.165) is 26.9 Å². The van der Waals surface area contributed by atoms with Crippen molar-refractivity contribution < 1.29 is 4.21 Å². The molecular weight excluding hydrogens is 492 g/mol. The molecule has 0 fully saturated rings. The summed E-state index contributed by atoms with van der Waals surface area (Å²) in [6.45, 7) is 10.3. The average molecular weight is 526 g/mol. The number of rotatable bonds is 8. The normalized spacial score (nSPS) is 14.5. The molecule has 0 radical (unpaired) electrons. The fraction of sp³-hybridized carbons (Fsp3) is 0.321. The van der Waals surface area contributed by atoms with Gasteiger partial charge in [0.2, 0.25) is 0 Å². The van der Waals surface area contributed by atoms with E-state index < -0.39 is 11.0 Å². The Morgan fingerprint density at radius 3 is 1.76 bits per heavy atom. The molecule has 0 bridgehead atoms.